The van der Waals surface area contributed by atoms with E-state index >= 15 is 0 Å². The number of nitrogens with zero attached hydrogens (tertiary/aromatic N) is 1. The summed E-state index contributed by atoms with van der Waals surface area (Å²) in [5.41, 5.74) is 4.46. The van der Waals surface area contributed by atoms with Crippen LogP contribution in [0.2, 0.25) is 0 Å². The summed E-state index contributed by atoms with van der Waals surface area (Å²) >= 11 is 1.76. The van der Waals surface area contributed by atoms with E-state index in [0.29, 0.717) is 0 Å². The molecule has 0 spiro atoms. The Morgan fingerprint density at radius 2 is 1.07 bits per heavy atom. The summed E-state index contributed by atoms with van der Waals surface area (Å²) < 4.78 is 5.87. The topological polar surface area (TPSA) is 21.6 Å². The minimum absolute atomic E-state index is 0.801. The molecule has 0 aliphatic rings. The number of rotatable bonds is 6. The van der Waals surface area contributed by atoms with Gasteiger partial charge in [0, 0.05) is 16.0 Å². The summed E-state index contributed by atoms with van der Waals surface area (Å²) in [7, 11) is 0. The van der Waals surface area contributed by atoms with Crippen LogP contribution in [0.25, 0.3) is 0 Å². The van der Waals surface area contributed by atoms with Crippen LogP contribution in [0.5, 0.6) is 11.5 Å². The van der Waals surface area contributed by atoms with Gasteiger partial charge < -0.3 is 4.74 Å². The van der Waals surface area contributed by atoms with Gasteiger partial charge in [-0.15, -0.1) is 0 Å². The van der Waals surface area contributed by atoms with Crippen LogP contribution >= 0.6 is 11.8 Å². The molecule has 0 saturated heterocycles. The molecule has 0 amide bonds. The fraction of sp³-hybridized carbons (Fsp3) is 0.0741. The SMILES string of the molecule is Cc1ccc(Oc2ccc(N=Cc3ccc(Sc4ccc(C)cc4)cc3)cc2)cc1. The normalized spacial score (nSPS) is 11.0. The first kappa shape index (κ1) is 20.0. The van der Waals surface area contributed by atoms with Gasteiger partial charge in [-0.25, -0.2) is 0 Å². The van der Waals surface area contributed by atoms with Gasteiger partial charge in [0.05, 0.1) is 5.69 Å². The number of benzene rings is 4. The number of aliphatic imine (C=N–C) groups is 1. The average Bonchev–Trinajstić information content (AvgIpc) is 2.77. The molecule has 0 unspecified atom stereocenters. The summed E-state index contributed by atoms with van der Waals surface area (Å²) in [6, 6.07) is 32.9. The first-order chi connectivity index (χ1) is 14.6. The Morgan fingerprint density at radius 3 is 1.63 bits per heavy atom. The lowest BCUT2D eigenvalue weighted by atomic mass is 10.2. The van der Waals surface area contributed by atoms with E-state index in [1.54, 1.807) is 11.8 Å². The lowest BCUT2D eigenvalue weighted by Gasteiger charge is -2.06. The Hall–Kier alpha value is -3.30. The molecule has 0 aromatic heterocycles. The lowest BCUT2D eigenvalue weighted by molar-refractivity contribution is 0.482. The van der Waals surface area contributed by atoms with Crippen LogP contribution in [0, 0.1) is 13.8 Å². The molecule has 148 valence electrons. The van der Waals surface area contributed by atoms with Crippen LogP contribution in [0.4, 0.5) is 5.69 Å². The molecule has 0 aliphatic carbocycles. The van der Waals surface area contributed by atoms with Crippen molar-refractivity contribution in [2.24, 2.45) is 4.99 Å². The maximum absolute atomic E-state index is 5.87. The molecule has 0 bridgehead atoms. The Labute approximate surface area is 182 Å². The van der Waals surface area contributed by atoms with Crippen molar-refractivity contribution in [2.45, 2.75) is 23.6 Å². The maximum atomic E-state index is 5.87. The lowest BCUT2D eigenvalue weighted by Crippen LogP contribution is -1.84. The molecule has 4 rings (SSSR count). The number of aryl methyl sites for hydroxylation is 2. The third-order valence-electron chi connectivity index (χ3n) is 4.59. The molecule has 4 aromatic carbocycles. The van der Waals surface area contributed by atoms with Crippen molar-refractivity contribution in [1.29, 1.82) is 0 Å². The minimum atomic E-state index is 0.801. The molecule has 0 aliphatic heterocycles. The number of ether oxygens (including phenoxy) is 1. The first-order valence-corrected chi connectivity index (χ1v) is 10.7. The van der Waals surface area contributed by atoms with Crippen molar-refractivity contribution in [3.05, 3.63) is 114 Å². The monoisotopic (exact) mass is 409 g/mol. The zero-order valence-electron chi connectivity index (χ0n) is 17.1. The average molecular weight is 410 g/mol. The fourth-order valence-corrected chi connectivity index (χ4v) is 3.67. The van der Waals surface area contributed by atoms with Crippen LogP contribution in [-0.4, -0.2) is 6.21 Å². The highest BCUT2D eigenvalue weighted by Gasteiger charge is 1.99. The van der Waals surface area contributed by atoms with Crippen molar-refractivity contribution < 1.29 is 4.74 Å². The summed E-state index contributed by atoms with van der Waals surface area (Å²) in [4.78, 5) is 7.03. The second-order valence-corrected chi connectivity index (χ2v) is 8.30. The van der Waals surface area contributed by atoms with Gasteiger partial charge in [-0.05, 0) is 80.1 Å². The largest absolute Gasteiger partial charge is 0.457 e. The van der Waals surface area contributed by atoms with Gasteiger partial charge in [0.2, 0.25) is 0 Å². The van der Waals surface area contributed by atoms with Crippen LogP contribution in [0.3, 0.4) is 0 Å². The smallest absolute Gasteiger partial charge is 0.127 e. The van der Waals surface area contributed by atoms with E-state index in [9.17, 15) is 0 Å². The maximum Gasteiger partial charge on any atom is 0.127 e. The molecule has 30 heavy (non-hydrogen) atoms. The molecule has 0 radical (unpaired) electrons. The third kappa shape index (κ3) is 5.62. The summed E-state index contributed by atoms with van der Waals surface area (Å²) in [6.45, 7) is 4.17. The minimum Gasteiger partial charge on any atom is -0.457 e. The van der Waals surface area contributed by atoms with Gasteiger partial charge in [-0.2, -0.15) is 0 Å². The molecular formula is C27H23NOS. The summed E-state index contributed by atoms with van der Waals surface area (Å²) in [6.07, 6.45) is 1.89. The van der Waals surface area contributed by atoms with E-state index in [2.05, 4.69) is 67.4 Å². The Bertz CT molecular complexity index is 1020. The molecule has 0 heterocycles. The zero-order chi connectivity index (χ0) is 20.8. The summed E-state index contributed by atoms with van der Waals surface area (Å²) in [5.74, 6) is 1.63. The van der Waals surface area contributed by atoms with Gasteiger partial charge in [-0.3, -0.25) is 4.99 Å². The van der Waals surface area contributed by atoms with Gasteiger partial charge in [0.25, 0.3) is 0 Å². The highest BCUT2D eigenvalue weighted by molar-refractivity contribution is 7.99. The van der Waals surface area contributed by atoms with E-state index in [1.807, 2.05) is 54.7 Å². The predicted octanol–water partition coefficient (Wildman–Crippen LogP) is 8.00. The zero-order valence-corrected chi connectivity index (χ0v) is 17.9. The fourth-order valence-electron chi connectivity index (χ4n) is 2.86. The quantitative estimate of drug-likeness (QED) is 0.301. The molecule has 0 saturated carbocycles. The van der Waals surface area contributed by atoms with Gasteiger partial charge >= 0.3 is 0 Å². The van der Waals surface area contributed by atoms with Crippen molar-refractivity contribution in [2.75, 3.05) is 0 Å². The number of hydrogen-bond donors (Lipinski definition) is 0. The van der Waals surface area contributed by atoms with Crippen LogP contribution < -0.4 is 4.74 Å². The predicted molar refractivity (Wildman–Crippen MR) is 127 cm³/mol. The second kappa shape index (κ2) is 9.47. The van der Waals surface area contributed by atoms with E-state index in [-0.39, 0.29) is 0 Å². The molecule has 0 atom stereocenters. The highest BCUT2D eigenvalue weighted by atomic mass is 32.2. The van der Waals surface area contributed by atoms with E-state index in [0.717, 1.165) is 22.7 Å². The summed E-state index contributed by atoms with van der Waals surface area (Å²) in [5, 5.41) is 0. The van der Waals surface area contributed by atoms with Gasteiger partial charge in [-0.1, -0.05) is 59.3 Å². The van der Waals surface area contributed by atoms with Crippen LogP contribution in [0.1, 0.15) is 16.7 Å². The third-order valence-corrected chi connectivity index (χ3v) is 5.61. The van der Waals surface area contributed by atoms with Crippen LogP contribution in [-0.2, 0) is 0 Å². The van der Waals surface area contributed by atoms with Gasteiger partial charge in [0.1, 0.15) is 11.5 Å². The Morgan fingerprint density at radius 1 is 0.600 bits per heavy atom. The molecule has 0 N–H and O–H groups in total. The molecular weight excluding hydrogens is 386 g/mol. The van der Waals surface area contributed by atoms with Crippen molar-refractivity contribution in [3.63, 3.8) is 0 Å². The van der Waals surface area contributed by atoms with Crippen molar-refractivity contribution in [1.82, 2.24) is 0 Å². The molecule has 4 aromatic rings. The van der Waals surface area contributed by atoms with Gasteiger partial charge in [0.15, 0.2) is 0 Å². The standard InChI is InChI=1S/C27H23NOS/c1-20-3-11-24(12-4-20)29-25-13-9-23(10-14-25)28-19-22-7-17-27(18-8-22)30-26-15-5-21(2)6-16-26/h3-19H,1-2H3. The second-order valence-electron chi connectivity index (χ2n) is 7.15. The highest BCUT2D eigenvalue weighted by Crippen LogP contribution is 2.28. The first-order valence-electron chi connectivity index (χ1n) is 9.87. The Balaban J connectivity index is 1.36. The van der Waals surface area contributed by atoms with Crippen LogP contribution in [0.15, 0.2) is 112 Å². The van der Waals surface area contributed by atoms with E-state index in [1.165, 1.54) is 20.9 Å². The van der Waals surface area contributed by atoms with Crippen molar-refractivity contribution >= 4 is 23.7 Å². The number of hydrogen-bond acceptors (Lipinski definition) is 3. The van der Waals surface area contributed by atoms with Crippen molar-refractivity contribution in [3.8, 4) is 11.5 Å². The van der Waals surface area contributed by atoms with E-state index in [4.69, 9.17) is 4.74 Å². The Kier molecular flexibility index (Phi) is 6.31. The molecule has 2 nitrogen and oxygen atoms in total. The molecule has 0 fully saturated rings. The molecule has 3 heteroatoms. The van der Waals surface area contributed by atoms with E-state index < -0.39 is 0 Å².